The summed E-state index contributed by atoms with van der Waals surface area (Å²) in [5, 5.41) is 1.97. The number of anilines is 2. The van der Waals surface area contributed by atoms with Gasteiger partial charge in [0.15, 0.2) is 0 Å². The minimum absolute atomic E-state index is 0.0333. The first-order valence-electron chi connectivity index (χ1n) is 8.96. The zero-order chi connectivity index (χ0) is 19.5. The molecule has 2 aromatic carbocycles. The first-order valence-corrected chi connectivity index (χ1v) is 9.84. The highest BCUT2D eigenvalue weighted by molar-refractivity contribution is 7.12. The lowest BCUT2D eigenvalue weighted by Gasteiger charge is -2.25. The molecule has 0 spiro atoms. The topological polar surface area (TPSA) is 53.0 Å². The lowest BCUT2D eigenvalue weighted by atomic mass is 10.2. The Bertz CT molecular complexity index is 1030. The Labute approximate surface area is 167 Å². The van der Waals surface area contributed by atoms with Gasteiger partial charge in [-0.1, -0.05) is 36.4 Å². The molecule has 140 valence electrons. The van der Waals surface area contributed by atoms with Gasteiger partial charge >= 0.3 is 0 Å². The van der Waals surface area contributed by atoms with Crippen LogP contribution < -0.4 is 9.80 Å². The fourth-order valence-electron chi connectivity index (χ4n) is 3.14. The van der Waals surface area contributed by atoms with Crippen molar-refractivity contribution in [3.63, 3.8) is 0 Å². The van der Waals surface area contributed by atoms with Crippen molar-refractivity contribution >= 4 is 45.9 Å². The summed E-state index contributed by atoms with van der Waals surface area (Å²) in [6.45, 7) is -0.0333. The van der Waals surface area contributed by atoms with E-state index in [9.17, 15) is 9.59 Å². The third-order valence-electron chi connectivity index (χ3n) is 4.66. The van der Waals surface area contributed by atoms with Crippen molar-refractivity contribution in [2.45, 2.75) is 6.42 Å². The van der Waals surface area contributed by atoms with Crippen LogP contribution in [0.3, 0.4) is 0 Å². The molecule has 0 atom stereocenters. The van der Waals surface area contributed by atoms with E-state index in [1.807, 2.05) is 72.1 Å². The molecule has 6 heteroatoms. The number of aliphatic imine (C=N–C) groups is 1. The van der Waals surface area contributed by atoms with E-state index < -0.39 is 0 Å². The Morgan fingerprint density at radius 3 is 2.57 bits per heavy atom. The van der Waals surface area contributed by atoms with Crippen molar-refractivity contribution in [2.75, 3.05) is 23.4 Å². The Morgan fingerprint density at radius 2 is 1.82 bits per heavy atom. The molecule has 0 unspecified atom stereocenters. The number of nitrogens with zero attached hydrogens (tertiary/aromatic N) is 3. The first kappa shape index (κ1) is 18.1. The summed E-state index contributed by atoms with van der Waals surface area (Å²) in [6.07, 6.45) is 0.164. The summed E-state index contributed by atoms with van der Waals surface area (Å²) >= 11 is 1.56. The average molecular weight is 389 g/mol. The normalized spacial score (nSPS) is 13.5. The molecule has 5 nitrogen and oxygen atoms in total. The smallest absolute Gasteiger partial charge is 0.246 e. The van der Waals surface area contributed by atoms with Gasteiger partial charge in [-0.15, -0.1) is 11.3 Å². The minimum Gasteiger partial charge on any atom is -0.314 e. The second kappa shape index (κ2) is 7.78. The molecule has 0 saturated heterocycles. The van der Waals surface area contributed by atoms with Gasteiger partial charge in [-0.3, -0.25) is 9.59 Å². The summed E-state index contributed by atoms with van der Waals surface area (Å²) in [6, 6.07) is 20.8. The highest BCUT2D eigenvalue weighted by atomic mass is 32.1. The van der Waals surface area contributed by atoms with Crippen molar-refractivity contribution in [1.29, 1.82) is 0 Å². The molecule has 2 heterocycles. The maximum atomic E-state index is 13.1. The maximum Gasteiger partial charge on any atom is 0.246 e. The van der Waals surface area contributed by atoms with Crippen LogP contribution in [0.25, 0.3) is 0 Å². The third kappa shape index (κ3) is 3.59. The van der Waals surface area contributed by atoms with Crippen molar-refractivity contribution in [3.8, 4) is 0 Å². The molecule has 28 heavy (non-hydrogen) atoms. The summed E-state index contributed by atoms with van der Waals surface area (Å²) < 4.78 is 0. The van der Waals surface area contributed by atoms with Gasteiger partial charge in [0.1, 0.15) is 6.54 Å². The van der Waals surface area contributed by atoms with Gasteiger partial charge < -0.3 is 9.80 Å². The molecule has 0 aliphatic carbocycles. The highest BCUT2D eigenvalue weighted by Gasteiger charge is 2.28. The Kier molecular flexibility index (Phi) is 5.04. The van der Waals surface area contributed by atoms with E-state index in [2.05, 4.69) is 0 Å². The number of para-hydroxylation sites is 3. The number of carbonyl (C=O) groups excluding carboxylic acids is 2. The van der Waals surface area contributed by atoms with Crippen LogP contribution >= 0.6 is 11.3 Å². The molecule has 1 aromatic heterocycles. The van der Waals surface area contributed by atoms with Crippen LogP contribution in [0, 0.1) is 0 Å². The van der Waals surface area contributed by atoms with E-state index in [4.69, 9.17) is 4.99 Å². The monoisotopic (exact) mass is 389 g/mol. The van der Waals surface area contributed by atoms with Crippen molar-refractivity contribution in [3.05, 3.63) is 77.0 Å². The Hall–Kier alpha value is -3.25. The van der Waals surface area contributed by atoms with Gasteiger partial charge in [0, 0.05) is 17.6 Å². The molecule has 0 bridgehead atoms. The number of likely N-dealkylation sites (N-methyl/N-ethyl adjacent to an activating group) is 1. The number of carbonyl (C=O) groups is 2. The van der Waals surface area contributed by atoms with Crippen LogP contribution in [-0.2, 0) is 9.59 Å². The van der Waals surface area contributed by atoms with Crippen LogP contribution in [0.1, 0.15) is 11.3 Å². The third-order valence-corrected chi connectivity index (χ3v) is 5.58. The SMILES string of the molecule is CN(C(=O)CN1C(=O)CC(c2cccs2)=Nc2ccccc21)c1ccccc1. The predicted octanol–water partition coefficient (Wildman–Crippen LogP) is 4.27. The van der Waals surface area contributed by atoms with Crippen molar-refractivity contribution in [2.24, 2.45) is 4.99 Å². The number of fused-ring (bicyclic) bond motifs is 1. The number of benzene rings is 2. The van der Waals surface area contributed by atoms with E-state index in [-0.39, 0.29) is 24.8 Å². The predicted molar refractivity (Wildman–Crippen MR) is 114 cm³/mol. The summed E-state index contributed by atoms with van der Waals surface area (Å²) in [5.41, 5.74) is 2.89. The largest absolute Gasteiger partial charge is 0.314 e. The van der Waals surface area contributed by atoms with Crippen LogP contribution in [0.15, 0.2) is 77.1 Å². The summed E-state index contributed by atoms with van der Waals surface area (Å²) in [4.78, 5) is 34.8. The van der Waals surface area contributed by atoms with Gasteiger partial charge in [-0.2, -0.15) is 0 Å². The highest BCUT2D eigenvalue weighted by Crippen LogP contribution is 2.33. The standard InChI is InChI=1S/C22H19N3O2S/c1-24(16-8-3-2-4-9-16)22(27)15-25-19-11-6-5-10-17(19)23-18(14-21(25)26)20-12-7-13-28-20/h2-13H,14-15H2,1H3. The van der Waals surface area contributed by atoms with E-state index >= 15 is 0 Å². The van der Waals surface area contributed by atoms with Crippen molar-refractivity contribution in [1.82, 2.24) is 0 Å². The molecule has 2 amide bonds. The Balaban J connectivity index is 1.64. The van der Waals surface area contributed by atoms with Crippen LogP contribution in [-0.4, -0.2) is 31.1 Å². The molecule has 3 aromatic rings. The molecule has 4 rings (SSSR count). The van der Waals surface area contributed by atoms with Crippen LogP contribution in [0.5, 0.6) is 0 Å². The molecule has 0 radical (unpaired) electrons. The van der Waals surface area contributed by atoms with Crippen molar-refractivity contribution < 1.29 is 9.59 Å². The minimum atomic E-state index is -0.158. The quantitative estimate of drug-likeness (QED) is 0.669. The van der Waals surface area contributed by atoms with Crippen LogP contribution in [0.2, 0.25) is 0 Å². The average Bonchev–Trinajstić information content (AvgIpc) is 3.22. The molecule has 0 fully saturated rings. The van der Waals surface area contributed by atoms with Gasteiger partial charge in [-0.05, 0) is 35.7 Å². The molecule has 0 saturated carbocycles. The molecule has 0 N–H and O–H groups in total. The maximum absolute atomic E-state index is 13.1. The second-order valence-electron chi connectivity index (χ2n) is 6.47. The number of hydrogen-bond acceptors (Lipinski definition) is 4. The second-order valence-corrected chi connectivity index (χ2v) is 7.42. The number of thiophene rings is 1. The van der Waals surface area contributed by atoms with E-state index in [0.717, 1.165) is 16.3 Å². The number of amides is 2. The van der Waals surface area contributed by atoms with E-state index in [1.54, 1.807) is 28.2 Å². The molecule has 1 aliphatic heterocycles. The van der Waals surface area contributed by atoms with Gasteiger partial charge in [0.25, 0.3) is 0 Å². The summed E-state index contributed by atoms with van der Waals surface area (Å²) in [5.74, 6) is -0.291. The molecular weight excluding hydrogens is 370 g/mol. The Morgan fingerprint density at radius 1 is 1.07 bits per heavy atom. The fourth-order valence-corrected chi connectivity index (χ4v) is 3.85. The van der Waals surface area contributed by atoms with E-state index in [0.29, 0.717) is 11.4 Å². The van der Waals surface area contributed by atoms with Gasteiger partial charge in [0.2, 0.25) is 11.8 Å². The number of rotatable bonds is 4. The van der Waals surface area contributed by atoms with Crippen LogP contribution in [0.4, 0.5) is 17.1 Å². The van der Waals surface area contributed by atoms with Gasteiger partial charge in [-0.25, -0.2) is 4.99 Å². The first-order chi connectivity index (χ1) is 13.6. The van der Waals surface area contributed by atoms with Gasteiger partial charge in [0.05, 0.1) is 23.5 Å². The van der Waals surface area contributed by atoms with E-state index in [1.165, 1.54) is 0 Å². The lowest BCUT2D eigenvalue weighted by molar-refractivity contribution is -0.121. The molecular formula is C22H19N3O2S. The molecule has 1 aliphatic rings. The lowest BCUT2D eigenvalue weighted by Crippen LogP contribution is -2.42. The number of hydrogen-bond donors (Lipinski definition) is 0. The fraction of sp³-hybridized carbons (Fsp3) is 0.136. The zero-order valence-corrected chi connectivity index (χ0v) is 16.2. The summed E-state index contributed by atoms with van der Waals surface area (Å²) in [7, 11) is 1.72. The zero-order valence-electron chi connectivity index (χ0n) is 15.4.